The third kappa shape index (κ3) is 5.34. The lowest BCUT2D eigenvalue weighted by atomic mass is 10.1. The van der Waals surface area contributed by atoms with Crippen LogP contribution in [0.3, 0.4) is 0 Å². The van der Waals surface area contributed by atoms with Crippen LogP contribution in [0.4, 0.5) is 4.79 Å². The number of sulfone groups is 1. The molecule has 0 fully saturated rings. The molecule has 1 atom stereocenters. The first kappa shape index (κ1) is 21.7. The minimum Gasteiger partial charge on any atom is -0.445 e. The van der Waals surface area contributed by atoms with Gasteiger partial charge in [0.25, 0.3) is 0 Å². The van der Waals surface area contributed by atoms with Crippen LogP contribution in [0.25, 0.3) is 10.8 Å². The van der Waals surface area contributed by atoms with Gasteiger partial charge >= 0.3 is 6.09 Å². The molecule has 0 radical (unpaired) electrons. The summed E-state index contributed by atoms with van der Waals surface area (Å²) in [6, 6.07) is 20.6. The third-order valence-corrected chi connectivity index (χ3v) is 7.16. The van der Waals surface area contributed by atoms with Crippen molar-refractivity contribution in [1.29, 1.82) is 0 Å². The second-order valence-electron chi connectivity index (χ2n) is 6.18. The van der Waals surface area contributed by atoms with Crippen molar-refractivity contribution in [3.63, 3.8) is 0 Å². The molecule has 0 aliphatic carbocycles. The summed E-state index contributed by atoms with van der Waals surface area (Å²) in [6.45, 7) is -0.0602. The molecule has 0 heterocycles. The number of alkyl halides is 3. The van der Waals surface area contributed by atoms with Gasteiger partial charge in [-0.05, 0) is 28.5 Å². The standard InChI is InChI=1S/C20H16Cl3NO4S/c21-20(22,23)18(24-19(25)28-13-14-6-2-1-3-7-14)29(26,27)17-11-10-15-8-4-5-9-16(15)12-17/h1-12,18H,13H2,(H,24,25). The Hall–Kier alpha value is -1.99. The number of hydrogen-bond acceptors (Lipinski definition) is 4. The molecule has 0 bridgehead atoms. The van der Waals surface area contributed by atoms with Crippen LogP contribution in [0.15, 0.2) is 77.7 Å². The first-order chi connectivity index (χ1) is 13.7. The first-order valence-corrected chi connectivity index (χ1v) is 11.1. The van der Waals surface area contributed by atoms with Gasteiger partial charge in [-0.15, -0.1) is 0 Å². The van der Waals surface area contributed by atoms with Crippen molar-refractivity contribution in [3.05, 3.63) is 78.4 Å². The lowest BCUT2D eigenvalue weighted by Crippen LogP contribution is -2.49. The maximum Gasteiger partial charge on any atom is 0.408 e. The Bertz CT molecular complexity index is 1120. The van der Waals surface area contributed by atoms with Gasteiger partial charge in [-0.25, -0.2) is 13.2 Å². The zero-order valence-electron chi connectivity index (χ0n) is 14.9. The SMILES string of the molecule is O=C(NC(C(Cl)(Cl)Cl)S(=O)(=O)c1ccc2ccccc2c1)OCc1ccccc1. The van der Waals surface area contributed by atoms with E-state index in [4.69, 9.17) is 39.5 Å². The molecular formula is C20H16Cl3NO4S. The van der Waals surface area contributed by atoms with Gasteiger partial charge < -0.3 is 10.1 Å². The molecule has 1 amide bonds. The van der Waals surface area contributed by atoms with Crippen LogP contribution in [0, 0.1) is 0 Å². The van der Waals surface area contributed by atoms with Gasteiger partial charge in [0, 0.05) is 0 Å². The molecule has 0 spiro atoms. The summed E-state index contributed by atoms with van der Waals surface area (Å²) >= 11 is 17.7. The van der Waals surface area contributed by atoms with Gasteiger partial charge in [-0.1, -0.05) is 95.5 Å². The first-order valence-electron chi connectivity index (χ1n) is 8.44. The summed E-state index contributed by atoms with van der Waals surface area (Å²) in [5.74, 6) is 0. The average molecular weight is 473 g/mol. The van der Waals surface area contributed by atoms with Gasteiger partial charge in [0.05, 0.1) is 4.90 Å². The smallest absolute Gasteiger partial charge is 0.408 e. The van der Waals surface area contributed by atoms with Crippen LogP contribution in [-0.2, 0) is 21.2 Å². The fourth-order valence-corrected chi connectivity index (χ4v) is 5.33. The van der Waals surface area contributed by atoms with Gasteiger partial charge in [-0.2, -0.15) is 0 Å². The Morgan fingerprint density at radius 2 is 1.55 bits per heavy atom. The van der Waals surface area contributed by atoms with Gasteiger partial charge in [0.1, 0.15) is 6.61 Å². The van der Waals surface area contributed by atoms with E-state index in [9.17, 15) is 13.2 Å². The van der Waals surface area contributed by atoms with E-state index in [1.165, 1.54) is 12.1 Å². The Balaban J connectivity index is 1.83. The van der Waals surface area contributed by atoms with Crippen LogP contribution < -0.4 is 5.32 Å². The molecule has 1 unspecified atom stereocenters. The highest BCUT2D eigenvalue weighted by molar-refractivity contribution is 7.92. The van der Waals surface area contributed by atoms with E-state index >= 15 is 0 Å². The molecule has 0 aromatic heterocycles. The zero-order chi connectivity index (χ0) is 21.1. The number of ether oxygens (including phenoxy) is 1. The molecule has 3 rings (SSSR count). The molecule has 0 saturated heterocycles. The van der Waals surface area contributed by atoms with Crippen molar-refractivity contribution < 1.29 is 17.9 Å². The van der Waals surface area contributed by atoms with E-state index in [-0.39, 0.29) is 11.5 Å². The summed E-state index contributed by atoms with van der Waals surface area (Å²) in [6.07, 6.45) is -1.02. The number of benzene rings is 3. The number of rotatable bonds is 5. The minimum atomic E-state index is -4.24. The second kappa shape index (κ2) is 8.79. The lowest BCUT2D eigenvalue weighted by molar-refractivity contribution is 0.138. The van der Waals surface area contributed by atoms with Crippen LogP contribution >= 0.6 is 34.8 Å². The second-order valence-corrected chi connectivity index (χ2v) is 10.6. The minimum absolute atomic E-state index is 0.0602. The molecule has 5 nitrogen and oxygen atoms in total. The van der Waals surface area contributed by atoms with E-state index in [0.29, 0.717) is 5.39 Å². The number of carbonyl (C=O) groups is 1. The van der Waals surface area contributed by atoms with Gasteiger partial charge in [-0.3, -0.25) is 0 Å². The monoisotopic (exact) mass is 471 g/mol. The van der Waals surface area contributed by atoms with E-state index < -0.39 is 25.1 Å². The van der Waals surface area contributed by atoms with Gasteiger partial charge in [0.15, 0.2) is 5.37 Å². The topological polar surface area (TPSA) is 72.5 Å². The average Bonchev–Trinajstić information content (AvgIpc) is 2.70. The summed E-state index contributed by atoms with van der Waals surface area (Å²) < 4.78 is 29.0. The summed E-state index contributed by atoms with van der Waals surface area (Å²) in [4.78, 5) is 12.1. The number of amides is 1. The molecular weight excluding hydrogens is 457 g/mol. The number of nitrogens with one attached hydrogen (secondary N) is 1. The molecule has 0 aliphatic heterocycles. The predicted molar refractivity (Wildman–Crippen MR) is 115 cm³/mol. The van der Waals surface area contributed by atoms with Crippen LogP contribution in [0.1, 0.15) is 5.56 Å². The molecule has 3 aromatic carbocycles. The highest BCUT2D eigenvalue weighted by Gasteiger charge is 2.45. The number of alkyl carbamates (subject to hydrolysis) is 1. The highest BCUT2D eigenvalue weighted by Crippen LogP contribution is 2.36. The fraction of sp³-hybridized carbons (Fsp3) is 0.150. The van der Waals surface area contributed by atoms with Crippen molar-refractivity contribution in [2.24, 2.45) is 0 Å². The van der Waals surface area contributed by atoms with Crippen LogP contribution in [0.5, 0.6) is 0 Å². The van der Waals surface area contributed by atoms with Crippen molar-refractivity contribution in [1.82, 2.24) is 5.32 Å². The molecule has 0 aliphatic rings. The number of carbonyl (C=O) groups excluding carboxylic acids is 1. The fourth-order valence-electron chi connectivity index (χ4n) is 2.69. The van der Waals surface area contributed by atoms with E-state index in [1.54, 1.807) is 42.5 Å². The van der Waals surface area contributed by atoms with Crippen molar-refractivity contribution in [2.45, 2.75) is 20.7 Å². The Morgan fingerprint density at radius 1 is 0.931 bits per heavy atom. The van der Waals surface area contributed by atoms with Crippen molar-refractivity contribution in [2.75, 3.05) is 0 Å². The van der Waals surface area contributed by atoms with E-state index in [1.807, 2.05) is 18.2 Å². The Morgan fingerprint density at radius 3 is 2.21 bits per heavy atom. The maximum atomic E-state index is 13.1. The summed E-state index contributed by atoms with van der Waals surface area (Å²) in [5, 5.41) is 1.88. The zero-order valence-corrected chi connectivity index (χ0v) is 18.0. The molecule has 9 heteroatoms. The molecule has 152 valence electrons. The largest absolute Gasteiger partial charge is 0.445 e. The van der Waals surface area contributed by atoms with Gasteiger partial charge in [0.2, 0.25) is 13.6 Å². The quantitative estimate of drug-likeness (QED) is 0.516. The molecule has 3 aromatic rings. The number of halogens is 3. The normalized spacial score (nSPS) is 13.1. The third-order valence-electron chi connectivity index (χ3n) is 4.12. The number of hydrogen-bond donors (Lipinski definition) is 1. The Labute approximate surface area is 183 Å². The number of fused-ring (bicyclic) bond motifs is 1. The molecule has 29 heavy (non-hydrogen) atoms. The lowest BCUT2D eigenvalue weighted by Gasteiger charge is -2.25. The van der Waals surface area contributed by atoms with Crippen molar-refractivity contribution in [3.8, 4) is 0 Å². The molecule has 1 N–H and O–H groups in total. The molecule has 0 saturated carbocycles. The van der Waals surface area contributed by atoms with E-state index in [2.05, 4.69) is 5.32 Å². The Kier molecular flexibility index (Phi) is 6.58. The van der Waals surface area contributed by atoms with E-state index in [0.717, 1.165) is 10.9 Å². The van der Waals surface area contributed by atoms with Crippen molar-refractivity contribution >= 4 is 61.5 Å². The van der Waals surface area contributed by atoms with Crippen LogP contribution in [0.2, 0.25) is 0 Å². The highest BCUT2D eigenvalue weighted by atomic mass is 35.6. The predicted octanol–water partition coefficient (Wildman–Crippen LogP) is 5.24. The van der Waals surface area contributed by atoms with Crippen LogP contribution in [-0.4, -0.2) is 23.7 Å². The summed E-state index contributed by atoms with van der Waals surface area (Å²) in [7, 11) is -4.24. The summed E-state index contributed by atoms with van der Waals surface area (Å²) in [5.41, 5.74) is 0.727. The maximum absolute atomic E-state index is 13.1.